The van der Waals surface area contributed by atoms with Gasteiger partial charge in [-0.1, -0.05) is 33.6 Å². The average Bonchev–Trinajstić information content (AvgIpc) is 2.56. The minimum atomic E-state index is 0.0519. The zero-order chi connectivity index (χ0) is 14.0. The van der Waals surface area contributed by atoms with Crippen molar-refractivity contribution in [3.63, 3.8) is 0 Å². The number of nitrogens with zero attached hydrogens (tertiary/aromatic N) is 1. The van der Waals surface area contributed by atoms with Gasteiger partial charge in [-0.25, -0.2) is 0 Å². The zero-order valence-electron chi connectivity index (χ0n) is 13.0. The van der Waals surface area contributed by atoms with Crippen molar-refractivity contribution < 1.29 is 4.79 Å². The second kappa shape index (κ2) is 6.25. The van der Waals surface area contributed by atoms with E-state index >= 15 is 0 Å². The van der Waals surface area contributed by atoms with Gasteiger partial charge in [0.1, 0.15) is 0 Å². The van der Waals surface area contributed by atoms with Crippen molar-refractivity contribution in [3.8, 4) is 0 Å². The number of carbonyl (C=O) groups excluding carboxylic acids is 1. The Morgan fingerprint density at radius 2 is 2.05 bits per heavy atom. The largest absolute Gasteiger partial charge is 0.326 e. The maximum absolute atomic E-state index is 12.5. The van der Waals surface area contributed by atoms with Crippen LogP contribution in [0.2, 0.25) is 0 Å². The van der Waals surface area contributed by atoms with Crippen LogP contribution in [0.1, 0.15) is 59.8 Å². The van der Waals surface area contributed by atoms with Crippen molar-refractivity contribution in [3.05, 3.63) is 0 Å². The third kappa shape index (κ3) is 3.71. The van der Waals surface area contributed by atoms with Crippen molar-refractivity contribution in [1.29, 1.82) is 0 Å². The van der Waals surface area contributed by atoms with Gasteiger partial charge in [0.15, 0.2) is 0 Å². The minimum absolute atomic E-state index is 0.0519. The molecule has 0 spiro atoms. The van der Waals surface area contributed by atoms with Crippen LogP contribution in [0.5, 0.6) is 0 Å². The molecule has 1 aliphatic heterocycles. The van der Waals surface area contributed by atoms with Crippen molar-refractivity contribution in [2.45, 2.75) is 72.0 Å². The predicted octanol–water partition coefficient (Wildman–Crippen LogP) is 3.01. The number of hydrogen-bond acceptors (Lipinski definition) is 2. The molecule has 2 fully saturated rings. The van der Waals surface area contributed by atoms with Crippen LogP contribution >= 0.6 is 0 Å². The van der Waals surface area contributed by atoms with Crippen LogP contribution in [-0.4, -0.2) is 29.6 Å². The van der Waals surface area contributed by atoms with Crippen LogP contribution in [-0.2, 0) is 4.79 Å². The molecule has 0 aromatic rings. The fraction of sp³-hybridized carbons (Fsp3) is 0.938. The van der Waals surface area contributed by atoms with E-state index in [0.29, 0.717) is 11.8 Å². The molecule has 1 saturated heterocycles. The lowest BCUT2D eigenvalue weighted by Gasteiger charge is -2.31. The monoisotopic (exact) mass is 266 g/mol. The molecule has 1 amide bonds. The van der Waals surface area contributed by atoms with Crippen molar-refractivity contribution >= 4 is 5.91 Å². The molecule has 2 rings (SSSR count). The number of hydrogen-bond donors (Lipinski definition) is 1. The van der Waals surface area contributed by atoms with E-state index in [-0.39, 0.29) is 12.2 Å². The van der Waals surface area contributed by atoms with Gasteiger partial charge in [0.25, 0.3) is 0 Å². The van der Waals surface area contributed by atoms with E-state index in [9.17, 15) is 4.79 Å². The van der Waals surface area contributed by atoms with Crippen LogP contribution in [0.3, 0.4) is 0 Å². The molecule has 0 aromatic heterocycles. The zero-order valence-corrected chi connectivity index (χ0v) is 13.0. The van der Waals surface area contributed by atoms with E-state index in [4.69, 9.17) is 0 Å². The van der Waals surface area contributed by atoms with Crippen LogP contribution in [0.15, 0.2) is 0 Å². The summed E-state index contributed by atoms with van der Waals surface area (Å²) in [4.78, 5) is 14.6. The van der Waals surface area contributed by atoms with Gasteiger partial charge in [-0.2, -0.15) is 0 Å². The number of nitrogens with one attached hydrogen (secondary N) is 1. The summed E-state index contributed by atoms with van der Waals surface area (Å²) in [5.74, 6) is 2.46. The summed E-state index contributed by atoms with van der Waals surface area (Å²) in [6.07, 6.45) is 6.48. The molecule has 3 heteroatoms. The van der Waals surface area contributed by atoms with Gasteiger partial charge in [0.05, 0.1) is 12.2 Å². The average molecular weight is 266 g/mol. The van der Waals surface area contributed by atoms with Gasteiger partial charge in [-0.3, -0.25) is 10.1 Å². The topological polar surface area (TPSA) is 32.3 Å². The van der Waals surface area contributed by atoms with Gasteiger partial charge in [0, 0.05) is 6.54 Å². The SMILES string of the molecule is CC(C)CC1NC(C)N(CC2CCCC(C)C2)C1=O. The summed E-state index contributed by atoms with van der Waals surface area (Å²) in [6.45, 7) is 9.81. The third-order valence-corrected chi connectivity index (χ3v) is 4.70. The second-order valence-corrected chi connectivity index (χ2v) is 7.15. The lowest BCUT2D eigenvalue weighted by Crippen LogP contribution is -2.39. The fourth-order valence-electron chi connectivity index (χ4n) is 3.74. The van der Waals surface area contributed by atoms with Gasteiger partial charge >= 0.3 is 0 Å². The van der Waals surface area contributed by atoms with Gasteiger partial charge in [-0.15, -0.1) is 0 Å². The summed E-state index contributed by atoms with van der Waals surface area (Å²) >= 11 is 0. The maximum atomic E-state index is 12.5. The van der Waals surface area contributed by atoms with Crippen molar-refractivity contribution in [2.75, 3.05) is 6.54 Å². The minimum Gasteiger partial charge on any atom is -0.326 e. The van der Waals surface area contributed by atoms with Crippen molar-refractivity contribution in [1.82, 2.24) is 10.2 Å². The normalized spacial score (nSPS) is 36.3. The first kappa shape index (κ1) is 14.8. The molecule has 19 heavy (non-hydrogen) atoms. The van der Waals surface area contributed by atoms with Crippen LogP contribution in [0.4, 0.5) is 0 Å². The molecule has 0 aromatic carbocycles. The molecule has 4 atom stereocenters. The molecule has 1 heterocycles. The smallest absolute Gasteiger partial charge is 0.241 e. The molecular weight excluding hydrogens is 236 g/mol. The fourth-order valence-corrected chi connectivity index (χ4v) is 3.74. The van der Waals surface area contributed by atoms with E-state index < -0.39 is 0 Å². The quantitative estimate of drug-likeness (QED) is 0.848. The highest BCUT2D eigenvalue weighted by Gasteiger charge is 2.37. The standard InChI is InChI=1S/C16H30N2O/c1-11(2)8-15-16(19)18(13(4)17-15)10-14-7-5-6-12(3)9-14/h11-15,17H,5-10H2,1-4H3. The molecule has 0 radical (unpaired) electrons. The molecule has 1 N–H and O–H groups in total. The lowest BCUT2D eigenvalue weighted by atomic mass is 9.82. The summed E-state index contributed by atoms with van der Waals surface area (Å²) in [6, 6.07) is 0.0519. The van der Waals surface area contributed by atoms with Gasteiger partial charge < -0.3 is 4.90 Å². The second-order valence-electron chi connectivity index (χ2n) is 7.15. The molecular formula is C16H30N2O. The highest BCUT2D eigenvalue weighted by atomic mass is 16.2. The first-order valence-corrected chi connectivity index (χ1v) is 8.04. The summed E-state index contributed by atoms with van der Waals surface area (Å²) < 4.78 is 0. The number of amides is 1. The molecule has 4 unspecified atom stereocenters. The molecule has 1 aliphatic carbocycles. The van der Waals surface area contributed by atoms with E-state index in [0.717, 1.165) is 24.8 Å². The van der Waals surface area contributed by atoms with E-state index in [2.05, 4.69) is 37.9 Å². The Balaban J connectivity index is 1.90. The Morgan fingerprint density at radius 3 is 2.68 bits per heavy atom. The van der Waals surface area contributed by atoms with Crippen molar-refractivity contribution in [2.24, 2.45) is 17.8 Å². The molecule has 110 valence electrons. The predicted molar refractivity (Wildman–Crippen MR) is 78.7 cm³/mol. The highest BCUT2D eigenvalue weighted by Crippen LogP contribution is 2.30. The molecule has 3 nitrogen and oxygen atoms in total. The van der Waals surface area contributed by atoms with Gasteiger partial charge in [-0.05, 0) is 43.9 Å². The lowest BCUT2D eigenvalue weighted by molar-refractivity contribution is -0.131. The Morgan fingerprint density at radius 1 is 1.32 bits per heavy atom. The molecule has 0 bridgehead atoms. The number of rotatable bonds is 4. The van der Waals surface area contributed by atoms with Gasteiger partial charge in [0.2, 0.25) is 5.91 Å². The molecule has 2 aliphatic rings. The molecule has 1 saturated carbocycles. The summed E-state index contributed by atoms with van der Waals surface area (Å²) in [5, 5.41) is 3.46. The summed E-state index contributed by atoms with van der Waals surface area (Å²) in [7, 11) is 0. The van der Waals surface area contributed by atoms with E-state index in [1.54, 1.807) is 0 Å². The van der Waals surface area contributed by atoms with Crippen LogP contribution < -0.4 is 5.32 Å². The Labute approximate surface area is 118 Å². The Kier molecular flexibility index (Phi) is 4.88. The van der Waals surface area contributed by atoms with E-state index in [1.807, 2.05) is 0 Å². The maximum Gasteiger partial charge on any atom is 0.241 e. The van der Waals surface area contributed by atoms with Crippen LogP contribution in [0.25, 0.3) is 0 Å². The van der Waals surface area contributed by atoms with Crippen LogP contribution in [0, 0.1) is 17.8 Å². The Bertz CT molecular complexity index is 316. The first-order valence-electron chi connectivity index (χ1n) is 8.04. The third-order valence-electron chi connectivity index (χ3n) is 4.70. The first-order chi connectivity index (χ1) is 8.97. The summed E-state index contributed by atoms with van der Waals surface area (Å²) in [5.41, 5.74) is 0. The van der Waals surface area contributed by atoms with E-state index in [1.165, 1.54) is 25.7 Å². The Hall–Kier alpha value is -0.570. The number of carbonyl (C=O) groups is 1. The highest BCUT2D eigenvalue weighted by molar-refractivity contribution is 5.84.